The number of imidazole rings is 1. The monoisotopic (exact) mass is 850 g/mol. The highest BCUT2D eigenvalue weighted by Gasteiger charge is 2.19. The smallest absolute Gasteiger partial charge is 0.407 e. The molecule has 3 aromatic heterocycles. The lowest BCUT2D eigenvalue weighted by atomic mass is 9.92. The summed E-state index contributed by atoms with van der Waals surface area (Å²) >= 11 is 0. The van der Waals surface area contributed by atoms with Crippen molar-refractivity contribution in [2.24, 2.45) is 5.41 Å². The van der Waals surface area contributed by atoms with E-state index in [4.69, 9.17) is 15.5 Å². The number of rotatable bonds is 19. The van der Waals surface area contributed by atoms with Crippen molar-refractivity contribution in [2.45, 2.75) is 103 Å². The van der Waals surface area contributed by atoms with Gasteiger partial charge in [0.15, 0.2) is 5.82 Å². The number of pyridine rings is 1. The third-order valence-electron chi connectivity index (χ3n) is 9.48. The molecule has 16 heteroatoms. The van der Waals surface area contributed by atoms with Crippen LogP contribution in [-0.4, -0.2) is 59.2 Å². The van der Waals surface area contributed by atoms with Crippen molar-refractivity contribution >= 4 is 67.2 Å². The maximum Gasteiger partial charge on any atom is 0.407 e. The second-order valence-corrected chi connectivity index (χ2v) is 18.7. The molecule has 0 aliphatic carbocycles. The summed E-state index contributed by atoms with van der Waals surface area (Å²) in [5.74, 6) is 1.22. The number of benzene rings is 3. The van der Waals surface area contributed by atoms with E-state index in [1.165, 1.54) is 4.68 Å². The maximum atomic E-state index is 12.6. The lowest BCUT2D eigenvalue weighted by Gasteiger charge is -2.16. The van der Waals surface area contributed by atoms with Crippen LogP contribution >= 0.6 is 21.6 Å². The van der Waals surface area contributed by atoms with Crippen LogP contribution in [-0.2, 0) is 53.5 Å². The van der Waals surface area contributed by atoms with Crippen LogP contribution in [0.3, 0.4) is 0 Å². The highest BCUT2D eigenvalue weighted by molar-refractivity contribution is 8.76. The maximum absolute atomic E-state index is 12.6. The van der Waals surface area contributed by atoms with E-state index in [2.05, 4.69) is 60.9 Å². The van der Waals surface area contributed by atoms with Gasteiger partial charge in [0.1, 0.15) is 30.2 Å². The first-order chi connectivity index (χ1) is 28.8. The number of unbranched alkanes of at least 4 members (excludes halogenated alkanes) is 1. The van der Waals surface area contributed by atoms with Crippen molar-refractivity contribution in [3.8, 4) is 0 Å². The number of amides is 3. The molecule has 0 bridgehead atoms. The van der Waals surface area contributed by atoms with Crippen LogP contribution in [0.15, 0.2) is 83.9 Å². The van der Waals surface area contributed by atoms with Crippen molar-refractivity contribution in [1.82, 2.24) is 45.5 Å². The van der Waals surface area contributed by atoms with Crippen molar-refractivity contribution in [2.75, 3.05) is 12.3 Å². The fourth-order valence-corrected chi connectivity index (χ4v) is 8.46. The van der Waals surface area contributed by atoms with Gasteiger partial charge in [-0.1, -0.05) is 122 Å². The molecule has 0 spiro atoms. The van der Waals surface area contributed by atoms with Crippen molar-refractivity contribution in [3.05, 3.63) is 107 Å². The number of ether oxygens (including phenoxy) is 1. The molecule has 1 unspecified atom stereocenters. The minimum Gasteiger partial charge on any atom is -0.445 e. The zero-order chi connectivity index (χ0) is 42.6. The van der Waals surface area contributed by atoms with E-state index in [0.717, 1.165) is 68.6 Å². The topological polar surface area (TPSA) is 184 Å². The van der Waals surface area contributed by atoms with E-state index in [9.17, 15) is 14.4 Å². The first-order valence-electron chi connectivity index (χ1n) is 20.2. The Hall–Kier alpha value is -5.61. The zero-order valence-electron chi connectivity index (χ0n) is 34.9. The number of aryl methyl sites for hydroxylation is 1. The third kappa shape index (κ3) is 12.7. The number of nitrogens with two attached hydrogens (primary N) is 1. The van der Waals surface area contributed by atoms with Crippen molar-refractivity contribution in [3.63, 3.8) is 0 Å². The molecule has 3 amide bonds. The summed E-state index contributed by atoms with van der Waals surface area (Å²) in [6.45, 7) is 12.2. The molecule has 0 radical (unpaired) electrons. The number of fused-ring (bicyclic) bond motifs is 3. The van der Waals surface area contributed by atoms with Gasteiger partial charge in [0.2, 0.25) is 11.8 Å². The molecule has 14 nitrogen and oxygen atoms in total. The average molecular weight is 851 g/mol. The van der Waals surface area contributed by atoms with Gasteiger partial charge in [0.05, 0.1) is 23.8 Å². The number of nitrogen functional groups attached to an aromatic ring is 1. The molecular formula is C44H54N10O4S2. The number of anilines is 1. The molecule has 0 aliphatic heterocycles. The van der Waals surface area contributed by atoms with E-state index in [1.54, 1.807) is 27.8 Å². The van der Waals surface area contributed by atoms with Crippen LogP contribution < -0.4 is 21.7 Å². The zero-order valence-corrected chi connectivity index (χ0v) is 36.5. The summed E-state index contributed by atoms with van der Waals surface area (Å²) in [5, 5.41) is 17.9. The molecule has 0 fully saturated rings. The average Bonchev–Trinajstić information content (AvgIpc) is 3.83. The molecule has 0 aliphatic rings. The molecule has 0 saturated heterocycles. The number of nitrogens with one attached hydrogen (secondary N) is 3. The Labute approximate surface area is 358 Å². The van der Waals surface area contributed by atoms with Gasteiger partial charge in [-0.05, 0) is 46.7 Å². The molecule has 5 N–H and O–H groups in total. The molecule has 3 heterocycles. The van der Waals surface area contributed by atoms with E-state index >= 15 is 0 Å². The van der Waals surface area contributed by atoms with Gasteiger partial charge in [-0.2, -0.15) is 0 Å². The van der Waals surface area contributed by atoms with Gasteiger partial charge >= 0.3 is 6.09 Å². The molecule has 316 valence electrons. The normalized spacial score (nSPS) is 12.1. The largest absolute Gasteiger partial charge is 0.445 e. The Morgan fingerprint density at radius 1 is 0.883 bits per heavy atom. The number of aromatic nitrogens is 6. The Balaban J connectivity index is 0.893. The van der Waals surface area contributed by atoms with Crippen LogP contribution in [0.1, 0.15) is 82.1 Å². The second-order valence-electron chi connectivity index (χ2n) is 16.0. The Bertz CT molecular complexity index is 2390. The van der Waals surface area contributed by atoms with Crippen LogP contribution in [0.5, 0.6) is 0 Å². The fourth-order valence-electron chi connectivity index (χ4n) is 6.42. The summed E-state index contributed by atoms with van der Waals surface area (Å²) in [6, 6.07) is 24.1. The second kappa shape index (κ2) is 20.6. The molecule has 1 atom stereocenters. The molecule has 3 aromatic carbocycles. The summed E-state index contributed by atoms with van der Waals surface area (Å²) in [7, 11) is 3.26. The van der Waals surface area contributed by atoms with Gasteiger partial charge in [-0.3, -0.25) is 9.59 Å². The van der Waals surface area contributed by atoms with Crippen LogP contribution in [0.25, 0.3) is 21.9 Å². The minimum atomic E-state index is -0.489. The quantitative estimate of drug-likeness (QED) is 0.0590. The van der Waals surface area contributed by atoms with Gasteiger partial charge < -0.3 is 31.0 Å². The minimum absolute atomic E-state index is 0.0427. The summed E-state index contributed by atoms with van der Waals surface area (Å²) < 4.78 is 9.23. The van der Waals surface area contributed by atoms with Crippen molar-refractivity contribution < 1.29 is 19.1 Å². The van der Waals surface area contributed by atoms with E-state index < -0.39 is 6.09 Å². The number of carbonyl (C=O) groups excluding carboxylic acids is 3. The first-order valence-corrected chi connectivity index (χ1v) is 22.4. The highest BCUT2D eigenvalue weighted by Crippen LogP contribution is 2.34. The van der Waals surface area contributed by atoms with Gasteiger partial charge in [0.25, 0.3) is 0 Å². The molecule has 6 rings (SSSR count). The standard InChI is InChI=1S/C44H54N10O4S2/c1-6-7-12-37-50-40-41(35-10-8-9-11-36(35)49-42(40)45)54(37)25-31-15-13-30(14-16-31)23-48-43(57)58-28-32-17-19-34(20-18-32)60-59-29(2)22-46-39(56)27-53-26-33(51-52-53)24-47-38(55)21-44(3,4)5/h8-11,13-20,26,29H,6-7,12,21-25,27-28H2,1-5H3,(H2,45,49)(H,46,56)(H,47,55)(H,48,57). The highest BCUT2D eigenvalue weighted by atomic mass is 33.1. The van der Waals surface area contributed by atoms with E-state index in [1.807, 2.05) is 82.3 Å². The molecule has 60 heavy (non-hydrogen) atoms. The number of carbonyl (C=O) groups is 3. The predicted octanol–water partition coefficient (Wildman–Crippen LogP) is 7.57. The summed E-state index contributed by atoms with van der Waals surface area (Å²) in [6.07, 6.45) is 4.54. The number of para-hydroxylation sites is 1. The predicted molar refractivity (Wildman–Crippen MR) is 239 cm³/mol. The summed E-state index contributed by atoms with van der Waals surface area (Å²) in [4.78, 5) is 47.8. The number of nitrogens with zero attached hydrogens (tertiary/aromatic N) is 6. The molecule has 6 aromatic rings. The van der Waals surface area contributed by atoms with Crippen LogP contribution in [0.4, 0.5) is 10.6 Å². The summed E-state index contributed by atoms with van der Waals surface area (Å²) in [5.41, 5.74) is 12.4. The Morgan fingerprint density at radius 2 is 1.62 bits per heavy atom. The van der Waals surface area contributed by atoms with Crippen molar-refractivity contribution in [1.29, 1.82) is 0 Å². The number of hydrogen-bond acceptors (Lipinski definition) is 11. The van der Waals surface area contributed by atoms with Crippen LogP contribution in [0, 0.1) is 5.41 Å². The first kappa shape index (κ1) is 44.0. The lowest BCUT2D eigenvalue weighted by Crippen LogP contribution is -2.32. The van der Waals surface area contributed by atoms with E-state index in [0.29, 0.717) is 37.6 Å². The third-order valence-corrected chi connectivity index (χ3v) is 12.4. The van der Waals surface area contributed by atoms with Crippen LogP contribution in [0.2, 0.25) is 0 Å². The molecular weight excluding hydrogens is 797 g/mol. The number of hydrogen-bond donors (Lipinski definition) is 4. The van der Waals surface area contributed by atoms with Gasteiger partial charge in [-0.15, -0.1) is 5.10 Å². The van der Waals surface area contributed by atoms with Gasteiger partial charge in [-0.25, -0.2) is 19.4 Å². The van der Waals surface area contributed by atoms with Gasteiger partial charge in [0, 0.05) is 48.0 Å². The lowest BCUT2D eigenvalue weighted by molar-refractivity contribution is -0.123. The molecule has 0 saturated carbocycles. The van der Waals surface area contributed by atoms with E-state index in [-0.39, 0.29) is 42.2 Å². The Morgan fingerprint density at radius 3 is 2.37 bits per heavy atom. The fraction of sp³-hybridized carbons (Fsp3) is 0.386. The Kier molecular flexibility index (Phi) is 15.1. The number of alkyl carbamates (subject to hydrolysis) is 1. The SMILES string of the molecule is CCCCc1nc2c(N)nc3ccccc3c2n1Cc1ccc(CNC(=O)OCc2ccc(SSC(C)CNC(=O)Cn3cc(CNC(=O)CC(C)(C)C)nn3)cc2)cc1.